The highest BCUT2D eigenvalue weighted by molar-refractivity contribution is 6.02. The number of nitrogens with one attached hydrogen (secondary N) is 2. The van der Waals surface area contributed by atoms with Crippen LogP contribution in [0, 0.1) is 11.8 Å². The number of amides is 1. The molecule has 96 valence electrons. The number of anilines is 1. The first kappa shape index (κ1) is 12.8. The SMILES string of the molecule is O=C(Nc1cn[nH]c1)c1ccc(C#CCCO)cn1. The van der Waals surface area contributed by atoms with Gasteiger partial charge in [0.1, 0.15) is 5.69 Å². The fraction of sp³-hybridized carbons (Fsp3) is 0.154. The second kappa shape index (κ2) is 6.33. The molecule has 2 aromatic heterocycles. The molecule has 0 bridgehead atoms. The Kier molecular flexibility index (Phi) is 4.26. The molecule has 0 fully saturated rings. The van der Waals surface area contributed by atoms with Crippen LogP contribution in [0.3, 0.4) is 0 Å². The monoisotopic (exact) mass is 256 g/mol. The van der Waals surface area contributed by atoms with Crippen LogP contribution in [0.1, 0.15) is 22.5 Å². The zero-order valence-electron chi connectivity index (χ0n) is 10.1. The summed E-state index contributed by atoms with van der Waals surface area (Å²) in [7, 11) is 0. The number of aliphatic hydroxyl groups excluding tert-OH is 1. The van der Waals surface area contributed by atoms with Crippen LogP contribution in [0.2, 0.25) is 0 Å². The highest BCUT2D eigenvalue weighted by Crippen LogP contribution is 2.05. The minimum absolute atomic E-state index is 0.0334. The van der Waals surface area contributed by atoms with Crippen molar-refractivity contribution in [3.05, 3.63) is 42.0 Å². The first-order valence-electron chi connectivity index (χ1n) is 5.65. The standard InChI is InChI=1S/C13H12N4O2/c18-6-2-1-3-10-4-5-12(14-7-10)13(19)17-11-8-15-16-9-11/h4-5,7-9,18H,2,6H2,(H,15,16)(H,17,19). The number of carbonyl (C=O) groups excluding carboxylic acids is 1. The first-order valence-corrected chi connectivity index (χ1v) is 5.65. The highest BCUT2D eigenvalue weighted by Gasteiger charge is 2.07. The van der Waals surface area contributed by atoms with Gasteiger partial charge in [0.05, 0.1) is 18.5 Å². The molecule has 0 saturated heterocycles. The normalized spacial score (nSPS) is 9.53. The van der Waals surface area contributed by atoms with Gasteiger partial charge in [-0.15, -0.1) is 0 Å². The van der Waals surface area contributed by atoms with E-state index in [0.29, 0.717) is 23.4 Å². The fourth-order valence-electron chi connectivity index (χ4n) is 1.34. The zero-order valence-corrected chi connectivity index (χ0v) is 10.1. The van der Waals surface area contributed by atoms with Crippen molar-refractivity contribution in [1.29, 1.82) is 0 Å². The van der Waals surface area contributed by atoms with Crippen LogP contribution in [0.5, 0.6) is 0 Å². The molecule has 1 amide bonds. The summed E-state index contributed by atoms with van der Waals surface area (Å²) in [5.74, 6) is 5.31. The van der Waals surface area contributed by atoms with Gasteiger partial charge in [-0.1, -0.05) is 11.8 Å². The van der Waals surface area contributed by atoms with E-state index in [1.165, 1.54) is 12.4 Å². The van der Waals surface area contributed by atoms with Crippen LogP contribution in [0.25, 0.3) is 0 Å². The number of hydrogen-bond donors (Lipinski definition) is 3. The van der Waals surface area contributed by atoms with E-state index in [0.717, 1.165) is 0 Å². The average Bonchev–Trinajstić information content (AvgIpc) is 2.93. The maximum Gasteiger partial charge on any atom is 0.274 e. The molecule has 19 heavy (non-hydrogen) atoms. The van der Waals surface area contributed by atoms with E-state index in [9.17, 15) is 4.79 Å². The van der Waals surface area contributed by atoms with Crippen molar-refractivity contribution in [3.8, 4) is 11.8 Å². The molecule has 6 nitrogen and oxygen atoms in total. The summed E-state index contributed by atoms with van der Waals surface area (Å²) < 4.78 is 0. The number of pyridine rings is 1. The summed E-state index contributed by atoms with van der Waals surface area (Å²) in [6.45, 7) is 0.0334. The lowest BCUT2D eigenvalue weighted by molar-refractivity contribution is 0.102. The number of nitrogens with zero attached hydrogens (tertiary/aromatic N) is 2. The van der Waals surface area contributed by atoms with Crippen LogP contribution in [0.15, 0.2) is 30.7 Å². The lowest BCUT2D eigenvalue weighted by Crippen LogP contribution is -2.13. The molecule has 2 heterocycles. The number of aliphatic hydroxyl groups is 1. The smallest absolute Gasteiger partial charge is 0.274 e. The molecule has 0 unspecified atom stereocenters. The molecule has 0 aromatic carbocycles. The average molecular weight is 256 g/mol. The molecule has 0 saturated carbocycles. The molecule has 0 aliphatic carbocycles. The summed E-state index contributed by atoms with van der Waals surface area (Å²) in [6, 6.07) is 3.31. The third-order valence-electron chi connectivity index (χ3n) is 2.22. The summed E-state index contributed by atoms with van der Waals surface area (Å²) in [5.41, 5.74) is 1.58. The zero-order chi connectivity index (χ0) is 13.5. The van der Waals surface area contributed by atoms with E-state index < -0.39 is 0 Å². The third-order valence-corrected chi connectivity index (χ3v) is 2.22. The van der Waals surface area contributed by atoms with Gasteiger partial charge in [0.2, 0.25) is 0 Å². The lowest BCUT2D eigenvalue weighted by atomic mass is 10.2. The van der Waals surface area contributed by atoms with Gasteiger partial charge in [-0.05, 0) is 12.1 Å². The van der Waals surface area contributed by atoms with E-state index in [1.807, 2.05) is 0 Å². The van der Waals surface area contributed by atoms with Crippen LogP contribution in [-0.4, -0.2) is 32.8 Å². The molecule has 3 N–H and O–H groups in total. The Morgan fingerprint density at radius 1 is 1.42 bits per heavy atom. The van der Waals surface area contributed by atoms with E-state index >= 15 is 0 Å². The minimum atomic E-state index is -0.309. The van der Waals surface area contributed by atoms with Crippen molar-refractivity contribution in [3.63, 3.8) is 0 Å². The summed E-state index contributed by atoms with van der Waals surface area (Å²) >= 11 is 0. The van der Waals surface area contributed by atoms with Gasteiger partial charge >= 0.3 is 0 Å². The number of H-pyrrole nitrogens is 1. The largest absolute Gasteiger partial charge is 0.395 e. The van der Waals surface area contributed by atoms with Crippen molar-refractivity contribution in [1.82, 2.24) is 15.2 Å². The van der Waals surface area contributed by atoms with Crippen LogP contribution in [-0.2, 0) is 0 Å². The Bertz CT molecular complexity index is 594. The quantitative estimate of drug-likeness (QED) is 0.708. The van der Waals surface area contributed by atoms with Crippen molar-refractivity contribution in [2.24, 2.45) is 0 Å². The number of aromatic nitrogens is 3. The third kappa shape index (κ3) is 3.66. The Morgan fingerprint density at radius 2 is 2.32 bits per heavy atom. The number of aromatic amines is 1. The van der Waals surface area contributed by atoms with Crippen molar-refractivity contribution < 1.29 is 9.90 Å². The Hall–Kier alpha value is -2.65. The van der Waals surface area contributed by atoms with Crippen molar-refractivity contribution in [2.45, 2.75) is 6.42 Å². The van der Waals surface area contributed by atoms with Gasteiger partial charge in [-0.25, -0.2) is 4.98 Å². The highest BCUT2D eigenvalue weighted by atomic mass is 16.2. The summed E-state index contributed by atoms with van der Waals surface area (Å²) in [4.78, 5) is 15.8. The first-order chi connectivity index (χ1) is 9.29. The predicted molar refractivity (Wildman–Crippen MR) is 69.4 cm³/mol. The van der Waals surface area contributed by atoms with Gasteiger partial charge in [0, 0.05) is 24.4 Å². The van der Waals surface area contributed by atoms with Gasteiger partial charge < -0.3 is 10.4 Å². The number of carbonyl (C=O) groups is 1. The molecular weight excluding hydrogens is 244 g/mol. The Labute approximate surface area is 109 Å². The molecule has 2 aromatic rings. The van der Waals surface area contributed by atoms with E-state index in [-0.39, 0.29) is 12.5 Å². The van der Waals surface area contributed by atoms with Gasteiger partial charge in [-0.2, -0.15) is 5.10 Å². The molecule has 0 atom stereocenters. The topological polar surface area (TPSA) is 90.9 Å². The maximum atomic E-state index is 11.8. The minimum Gasteiger partial charge on any atom is -0.395 e. The molecule has 0 aliphatic rings. The van der Waals surface area contributed by atoms with Crippen LogP contribution < -0.4 is 5.32 Å². The Balaban J connectivity index is 2.02. The molecule has 2 rings (SSSR count). The summed E-state index contributed by atoms with van der Waals surface area (Å²) in [5, 5.41) is 17.6. The van der Waals surface area contributed by atoms with Gasteiger partial charge in [-0.3, -0.25) is 9.89 Å². The summed E-state index contributed by atoms with van der Waals surface area (Å²) in [6.07, 6.45) is 5.02. The van der Waals surface area contributed by atoms with E-state index in [2.05, 4.69) is 32.3 Å². The van der Waals surface area contributed by atoms with Crippen molar-refractivity contribution in [2.75, 3.05) is 11.9 Å². The van der Waals surface area contributed by atoms with Gasteiger partial charge in [0.25, 0.3) is 5.91 Å². The molecule has 0 aliphatic heterocycles. The molecule has 0 radical (unpaired) electrons. The van der Waals surface area contributed by atoms with Crippen LogP contribution in [0.4, 0.5) is 5.69 Å². The number of hydrogen-bond acceptors (Lipinski definition) is 4. The predicted octanol–water partition coefficient (Wildman–Crippen LogP) is 0.791. The van der Waals surface area contributed by atoms with E-state index in [4.69, 9.17) is 5.11 Å². The fourth-order valence-corrected chi connectivity index (χ4v) is 1.34. The number of rotatable bonds is 3. The molecule has 6 heteroatoms. The lowest BCUT2D eigenvalue weighted by Gasteiger charge is -2.01. The molecule has 0 spiro atoms. The van der Waals surface area contributed by atoms with Crippen molar-refractivity contribution >= 4 is 11.6 Å². The Morgan fingerprint density at radius 3 is 2.95 bits per heavy atom. The second-order valence-corrected chi connectivity index (χ2v) is 3.65. The maximum absolute atomic E-state index is 11.8. The van der Waals surface area contributed by atoms with Crippen LogP contribution >= 0.6 is 0 Å². The second-order valence-electron chi connectivity index (χ2n) is 3.65. The van der Waals surface area contributed by atoms with E-state index in [1.54, 1.807) is 18.3 Å². The molecular formula is C13H12N4O2. The van der Waals surface area contributed by atoms with Gasteiger partial charge in [0.15, 0.2) is 0 Å².